The monoisotopic (exact) mass is 382 g/mol. The van der Waals surface area contributed by atoms with Gasteiger partial charge in [0.1, 0.15) is 0 Å². The van der Waals surface area contributed by atoms with Crippen LogP contribution in [0.15, 0.2) is 55.7 Å². The smallest absolute Gasteiger partial charge is 0.0154 e. The first-order valence-corrected chi connectivity index (χ1v) is 8.22. The van der Waals surface area contributed by atoms with Gasteiger partial charge in [-0.3, -0.25) is 6.08 Å². The van der Waals surface area contributed by atoms with E-state index in [0.717, 1.165) is 26.1 Å². The van der Waals surface area contributed by atoms with Crippen molar-refractivity contribution in [3.8, 4) is 0 Å². The molecule has 0 atom stereocenters. The summed E-state index contributed by atoms with van der Waals surface area (Å²) in [6, 6.07) is 0. The normalized spacial score (nSPS) is 11.0. The first-order valence-electron chi connectivity index (χ1n) is 8.22. The van der Waals surface area contributed by atoms with E-state index in [1.165, 1.54) is 5.57 Å². The molecular weight excluding hydrogens is 342 g/mol. The van der Waals surface area contributed by atoms with Gasteiger partial charge in [0.05, 0.1) is 0 Å². The average molecular weight is 382 g/mol. The van der Waals surface area contributed by atoms with E-state index in [4.69, 9.17) is 0 Å². The van der Waals surface area contributed by atoms with Crippen LogP contribution < -0.4 is 0 Å². The van der Waals surface area contributed by atoms with E-state index in [-0.39, 0.29) is 21.7 Å². The fourth-order valence-electron chi connectivity index (χ4n) is 1.29. The molecule has 0 saturated heterocycles. The van der Waals surface area contributed by atoms with Gasteiger partial charge >= 0.3 is 0 Å². The van der Waals surface area contributed by atoms with Crippen molar-refractivity contribution < 1.29 is 21.7 Å². The molecule has 0 aliphatic heterocycles. The van der Waals surface area contributed by atoms with E-state index in [2.05, 4.69) is 59.6 Å². The second-order valence-corrected chi connectivity index (χ2v) is 6.12. The fourth-order valence-corrected chi connectivity index (χ4v) is 1.29. The van der Waals surface area contributed by atoms with Crippen LogP contribution in [0, 0.1) is 6.08 Å². The Morgan fingerprint density at radius 1 is 0.840 bits per heavy atom. The van der Waals surface area contributed by atoms with Gasteiger partial charge in [0.2, 0.25) is 0 Å². The molecule has 0 unspecified atom stereocenters. The largest absolute Gasteiger partial charge is 0.306 e. The summed E-state index contributed by atoms with van der Waals surface area (Å²) >= 11 is 0. The molecule has 1 aliphatic rings. The number of hydrogen-bond acceptors (Lipinski definition) is 3. The van der Waals surface area contributed by atoms with Crippen molar-refractivity contribution in [1.29, 1.82) is 0 Å². The minimum Gasteiger partial charge on any atom is -0.306 e. The second kappa shape index (κ2) is 25.5. The number of hydrogen-bond donors (Lipinski definition) is 0. The van der Waals surface area contributed by atoms with Crippen molar-refractivity contribution in [1.82, 2.24) is 14.7 Å². The average Bonchev–Trinajstić information content (AvgIpc) is 2.91. The van der Waals surface area contributed by atoms with Gasteiger partial charge in [-0.25, -0.2) is 11.6 Å². The molecule has 0 heterocycles. The Labute approximate surface area is 173 Å². The minimum atomic E-state index is 0. The van der Waals surface area contributed by atoms with E-state index < -0.39 is 0 Å². The molecular formula is C21H40N3Ti-. The summed E-state index contributed by atoms with van der Waals surface area (Å²) in [5.74, 6) is 0. The molecule has 144 valence electrons. The summed E-state index contributed by atoms with van der Waals surface area (Å²) in [7, 11) is 12.1. The predicted octanol–water partition coefficient (Wildman–Crippen LogP) is 3.90. The maximum absolute atomic E-state index is 3.56. The van der Waals surface area contributed by atoms with Crippen LogP contribution in [0.25, 0.3) is 0 Å². The van der Waals surface area contributed by atoms with Gasteiger partial charge in [-0.2, -0.15) is 6.08 Å². The summed E-state index contributed by atoms with van der Waals surface area (Å²) in [6.45, 7) is 15.7. The first-order chi connectivity index (χ1) is 11.2. The molecule has 0 fully saturated rings. The van der Waals surface area contributed by atoms with Crippen molar-refractivity contribution in [2.24, 2.45) is 0 Å². The van der Waals surface area contributed by atoms with Crippen LogP contribution in [-0.2, 0) is 21.7 Å². The van der Waals surface area contributed by atoms with Crippen LogP contribution in [-0.4, -0.2) is 76.6 Å². The second-order valence-electron chi connectivity index (χ2n) is 6.12. The Hall–Kier alpha value is -0.706. The van der Waals surface area contributed by atoms with Crippen molar-refractivity contribution in [3.05, 3.63) is 61.8 Å². The van der Waals surface area contributed by atoms with Gasteiger partial charge in [-0.15, -0.1) is 26.2 Å². The number of allylic oxidation sites excluding steroid dienone is 4. The molecule has 0 radical (unpaired) electrons. The van der Waals surface area contributed by atoms with E-state index in [9.17, 15) is 0 Å². The van der Waals surface area contributed by atoms with Crippen molar-refractivity contribution >= 4 is 0 Å². The first kappa shape index (κ1) is 32.0. The van der Waals surface area contributed by atoms with Gasteiger partial charge < -0.3 is 14.7 Å². The van der Waals surface area contributed by atoms with Crippen molar-refractivity contribution in [3.63, 3.8) is 0 Å². The zero-order chi connectivity index (χ0) is 19.4. The van der Waals surface area contributed by atoms with E-state index >= 15 is 0 Å². The fraction of sp³-hybridized carbons (Fsp3) is 0.524. The Kier molecular flexibility index (Phi) is 32.7. The van der Waals surface area contributed by atoms with Crippen LogP contribution in [0.1, 0.15) is 13.3 Å². The predicted molar refractivity (Wildman–Crippen MR) is 112 cm³/mol. The molecule has 0 bridgehead atoms. The van der Waals surface area contributed by atoms with E-state index in [0.29, 0.717) is 0 Å². The van der Waals surface area contributed by atoms with Gasteiger partial charge in [0, 0.05) is 41.4 Å². The molecule has 0 spiro atoms. The Bertz CT molecular complexity index is 320. The number of nitrogens with zero attached hydrogens (tertiary/aromatic N) is 3. The van der Waals surface area contributed by atoms with E-state index in [1.807, 2.05) is 60.5 Å². The van der Waals surface area contributed by atoms with Crippen LogP contribution in [0.3, 0.4) is 0 Å². The molecule has 25 heavy (non-hydrogen) atoms. The Balaban J connectivity index is -0.000000116. The van der Waals surface area contributed by atoms with Crippen molar-refractivity contribution in [2.45, 2.75) is 13.3 Å². The molecule has 1 aliphatic carbocycles. The maximum atomic E-state index is 3.56. The molecule has 0 aromatic heterocycles. The Morgan fingerprint density at radius 3 is 1.20 bits per heavy atom. The molecule has 0 amide bonds. The van der Waals surface area contributed by atoms with Crippen LogP contribution in [0.2, 0.25) is 0 Å². The SMILES string of the molecule is C=CCN(C)C.C=CCN(C)C.C=CCN(C)C.CC1=[C-]CC=C1.[Ti]. The summed E-state index contributed by atoms with van der Waals surface area (Å²) in [5.41, 5.74) is 1.27. The molecule has 3 nitrogen and oxygen atoms in total. The van der Waals surface area contributed by atoms with Gasteiger partial charge in [-0.1, -0.05) is 25.2 Å². The van der Waals surface area contributed by atoms with Gasteiger partial charge in [0.15, 0.2) is 0 Å². The molecule has 0 aromatic carbocycles. The zero-order valence-corrected chi connectivity index (χ0v) is 19.2. The summed E-state index contributed by atoms with van der Waals surface area (Å²) in [6.07, 6.45) is 14.0. The summed E-state index contributed by atoms with van der Waals surface area (Å²) < 4.78 is 0. The zero-order valence-electron chi connectivity index (χ0n) is 17.7. The molecule has 0 aromatic rings. The molecule has 4 heteroatoms. The van der Waals surface area contributed by atoms with Crippen LogP contribution >= 0.6 is 0 Å². The number of rotatable bonds is 6. The maximum Gasteiger partial charge on any atom is 0.0154 e. The van der Waals surface area contributed by atoms with Gasteiger partial charge in [0.25, 0.3) is 0 Å². The summed E-state index contributed by atoms with van der Waals surface area (Å²) in [4.78, 5) is 6.19. The summed E-state index contributed by atoms with van der Waals surface area (Å²) in [5, 5.41) is 0. The van der Waals surface area contributed by atoms with E-state index in [1.54, 1.807) is 0 Å². The van der Waals surface area contributed by atoms with Crippen LogP contribution in [0.5, 0.6) is 0 Å². The Morgan fingerprint density at radius 2 is 1.16 bits per heavy atom. The third-order valence-electron chi connectivity index (χ3n) is 2.35. The minimum absolute atomic E-state index is 0. The third-order valence-corrected chi connectivity index (χ3v) is 2.35. The molecule has 1 rings (SSSR count). The third kappa shape index (κ3) is 45.2. The molecule has 0 saturated carbocycles. The van der Waals surface area contributed by atoms with Crippen LogP contribution in [0.4, 0.5) is 0 Å². The topological polar surface area (TPSA) is 9.72 Å². The standard InChI is InChI=1S/C6H7.3C5H11N.Ti/c1-6-4-2-3-5-6;3*1-4-5-6(2)3;/h2,4H,3H2,1H3;3*4H,1,5H2,2-3H3;/q-1;;;;. The molecule has 0 N–H and O–H groups in total. The van der Waals surface area contributed by atoms with Crippen molar-refractivity contribution in [2.75, 3.05) is 61.9 Å². The quantitative estimate of drug-likeness (QED) is 0.392. The van der Waals surface area contributed by atoms with Gasteiger partial charge in [-0.05, 0) is 42.3 Å². The number of likely N-dealkylation sites (N-methyl/N-ethyl adjacent to an activating group) is 3.